The van der Waals surface area contributed by atoms with Crippen molar-refractivity contribution in [1.82, 2.24) is 20.4 Å². The van der Waals surface area contributed by atoms with Crippen molar-refractivity contribution in [2.45, 2.75) is 26.4 Å². The van der Waals surface area contributed by atoms with Gasteiger partial charge in [-0.25, -0.2) is 4.99 Å². The van der Waals surface area contributed by atoms with E-state index in [-0.39, 0.29) is 24.0 Å². The number of guanidine groups is 1. The molecule has 1 aliphatic heterocycles. The average Bonchev–Trinajstić information content (AvgIpc) is 2.85. The fourth-order valence-corrected chi connectivity index (χ4v) is 3.05. The van der Waals surface area contributed by atoms with Gasteiger partial charge in [-0.15, -0.1) is 24.0 Å². The Hall–Kier alpha value is -0.900. The fourth-order valence-electron chi connectivity index (χ4n) is 3.05. The number of ether oxygens (including phenoxy) is 1. The number of halogens is 1. The number of nitrogens with zero attached hydrogens (tertiary/aromatic N) is 3. The topological polar surface area (TPSA) is 52.1 Å². The Morgan fingerprint density at radius 3 is 2.52 bits per heavy atom. The van der Waals surface area contributed by atoms with Crippen molar-refractivity contribution in [2.75, 3.05) is 60.0 Å². The van der Waals surface area contributed by atoms with Crippen LogP contribution >= 0.6 is 24.0 Å². The maximum Gasteiger partial charge on any atom is 0.191 e. The van der Waals surface area contributed by atoms with E-state index < -0.39 is 0 Å². The van der Waals surface area contributed by atoms with Crippen molar-refractivity contribution in [3.63, 3.8) is 0 Å². The molecule has 7 heteroatoms. The third-order valence-electron chi connectivity index (χ3n) is 4.60. The van der Waals surface area contributed by atoms with Crippen LogP contribution in [0.5, 0.6) is 0 Å². The molecule has 1 heterocycles. The zero-order chi connectivity index (χ0) is 18.6. The molecule has 1 aromatic carbocycles. The van der Waals surface area contributed by atoms with Crippen molar-refractivity contribution in [3.8, 4) is 0 Å². The number of methoxy groups -OCH3 is 1. The van der Waals surface area contributed by atoms with Crippen molar-refractivity contribution >= 4 is 29.9 Å². The zero-order valence-electron chi connectivity index (χ0n) is 17.0. The van der Waals surface area contributed by atoms with E-state index in [9.17, 15) is 0 Å². The average molecular weight is 489 g/mol. The summed E-state index contributed by atoms with van der Waals surface area (Å²) in [6, 6.07) is 8.87. The summed E-state index contributed by atoms with van der Waals surface area (Å²) < 4.78 is 5.07. The standard InChI is InChI=1S/C20H35N5O.HI/c1-4-21-20(22-10-15-26-3)23-16-18-6-8-19(9-7-18)17-25-12-5-11-24(2)13-14-25;/h6-9H,4-5,10-17H2,1-3H3,(H2,21,22,23);1H. The number of nitrogens with one attached hydrogen (secondary N) is 2. The summed E-state index contributed by atoms with van der Waals surface area (Å²) in [6.07, 6.45) is 1.26. The van der Waals surface area contributed by atoms with Crippen molar-refractivity contribution < 1.29 is 4.74 Å². The second kappa shape index (κ2) is 14.1. The fraction of sp³-hybridized carbons (Fsp3) is 0.650. The van der Waals surface area contributed by atoms with Gasteiger partial charge in [0.05, 0.1) is 13.2 Å². The summed E-state index contributed by atoms with van der Waals surface area (Å²) in [5.74, 6) is 0.835. The quantitative estimate of drug-likeness (QED) is 0.254. The second-order valence-electron chi connectivity index (χ2n) is 6.86. The third-order valence-corrected chi connectivity index (χ3v) is 4.60. The highest BCUT2D eigenvalue weighted by Gasteiger charge is 2.12. The Morgan fingerprint density at radius 2 is 1.81 bits per heavy atom. The molecule has 2 N–H and O–H groups in total. The third kappa shape index (κ3) is 9.73. The predicted octanol–water partition coefficient (Wildman–Crippen LogP) is 2.14. The molecule has 1 saturated heterocycles. The molecule has 1 fully saturated rings. The predicted molar refractivity (Wildman–Crippen MR) is 124 cm³/mol. The monoisotopic (exact) mass is 489 g/mol. The van der Waals surface area contributed by atoms with E-state index in [1.54, 1.807) is 7.11 Å². The molecule has 0 saturated carbocycles. The normalized spacial score (nSPS) is 16.5. The molecule has 1 aliphatic rings. The Bertz CT molecular complexity index is 538. The van der Waals surface area contributed by atoms with Gasteiger partial charge in [0.1, 0.15) is 0 Å². The highest BCUT2D eigenvalue weighted by atomic mass is 127. The molecule has 0 spiro atoms. The number of rotatable bonds is 8. The molecule has 0 amide bonds. The van der Waals surface area contributed by atoms with Crippen molar-refractivity contribution in [1.29, 1.82) is 0 Å². The number of likely N-dealkylation sites (N-methyl/N-ethyl adjacent to an activating group) is 1. The highest BCUT2D eigenvalue weighted by Crippen LogP contribution is 2.10. The van der Waals surface area contributed by atoms with Crippen LogP contribution in [0.3, 0.4) is 0 Å². The van der Waals surface area contributed by atoms with Gasteiger partial charge < -0.3 is 20.3 Å². The molecule has 0 unspecified atom stereocenters. The molecule has 154 valence electrons. The first kappa shape index (κ1) is 24.1. The molecule has 2 rings (SSSR count). The lowest BCUT2D eigenvalue weighted by Gasteiger charge is -2.20. The Balaban J connectivity index is 0.00000364. The van der Waals surface area contributed by atoms with Crippen LogP contribution in [0.25, 0.3) is 0 Å². The van der Waals surface area contributed by atoms with Crippen molar-refractivity contribution in [3.05, 3.63) is 35.4 Å². The second-order valence-corrected chi connectivity index (χ2v) is 6.86. The van der Waals surface area contributed by atoms with E-state index in [0.717, 1.165) is 38.7 Å². The van der Waals surface area contributed by atoms with Gasteiger partial charge in [-0.3, -0.25) is 4.90 Å². The van der Waals surface area contributed by atoms with Crippen LogP contribution in [0.1, 0.15) is 24.5 Å². The van der Waals surface area contributed by atoms with Crippen molar-refractivity contribution in [2.24, 2.45) is 4.99 Å². The van der Waals surface area contributed by atoms with Crippen LogP contribution in [0.4, 0.5) is 0 Å². The Labute approximate surface area is 181 Å². The van der Waals surface area contributed by atoms with Gasteiger partial charge in [0.15, 0.2) is 5.96 Å². The largest absolute Gasteiger partial charge is 0.383 e. The van der Waals surface area contributed by atoms with Gasteiger partial charge >= 0.3 is 0 Å². The van der Waals surface area contributed by atoms with E-state index in [1.807, 2.05) is 0 Å². The summed E-state index contributed by atoms with van der Waals surface area (Å²) in [6.45, 7) is 10.8. The van der Waals surface area contributed by atoms with E-state index in [0.29, 0.717) is 13.2 Å². The smallest absolute Gasteiger partial charge is 0.191 e. The van der Waals surface area contributed by atoms with Crippen LogP contribution < -0.4 is 10.6 Å². The Morgan fingerprint density at radius 1 is 1.07 bits per heavy atom. The molecular weight excluding hydrogens is 453 g/mol. The minimum Gasteiger partial charge on any atom is -0.383 e. The van der Waals surface area contributed by atoms with Gasteiger partial charge in [-0.1, -0.05) is 24.3 Å². The summed E-state index contributed by atoms with van der Waals surface area (Å²) in [5, 5.41) is 6.53. The maximum atomic E-state index is 5.07. The van der Waals surface area contributed by atoms with Gasteiger partial charge in [-0.05, 0) is 44.6 Å². The molecule has 0 atom stereocenters. The van der Waals surface area contributed by atoms with Gasteiger partial charge in [0.25, 0.3) is 0 Å². The van der Waals surface area contributed by atoms with E-state index in [2.05, 4.69) is 63.7 Å². The van der Waals surface area contributed by atoms with Crippen LogP contribution in [0, 0.1) is 0 Å². The first-order valence-electron chi connectivity index (χ1n) is 9.71. The van der Waals surface area contributed by atoms with Crippen LogP contribution in [-0.2, 0) is 17.8 Å². The maximum absolute atomic E-state index is 5.07. The summed E-state index contributed by atoms with van der Waals surface area (Å²) in [5.41, 5.74) is 2.61. The SMILES string of the molecule is CCNC(=NCc1ccc(CN2CCCN(C)CC2)cc1)NCCOC.I. The summed E-state index contributed by atoms with van der Waals surface area (Å²) in [7, 11) is 3.92. The molecule has 6 nitrogen and oxygen atoms in total. The lowest BCUT2D eigenvalue weighted by molar-refractivity contribution is 0.203. The molecule has 0 radical (unpaired) electrons. The molecule has 1 aromatic rings. The van der Waals surface area contributed by atoms with Crippen LogP contribution in [-0.4, -0.2) is 75.8 Å². The minimum atomic E-state index is 0. The first-order chi connectivity index (χ1) is 12.7. The molecule has 0 aliphatic carbocycles. The van der Waals surface area contributed by atoms with E-state index in [1.165, 1.54) is 30.6 Å². The van der Waals surface area contributed by atoms with Crippen LogP contribution in [0.2, 0.25) is 0 Å². The molecular formula is C20H36IN5O. The summed E-state index contributed by atoms with van der Waals surface area (Å²) in [4.78, 5) is 9.62. The minimum absolute atomic E-state index is 0. The lowest BCUT2D eigenvalue weighted by Crippen LogP contribution is -2.38. The zero-order valence-corrected chi connectivity index (χ0v) is 19.4. The molecule has 0 aromatic heterocycles. The molecule has 27 heavy (non-hydrogen) atoms. The summed E-state index contributed by atoms with van der Waals surface area (Å²) >= 11 is 0. The highest BCUT2D eigenvalue weighted by molar-refractivity contribution is 14.0. The van der Waals surface area contributed by atoms with Gasteiger partial charge in [0, 0.05) is 39.8 Å². The number of aliphatic imine (C=N–C) groups is 1. The van der Waals surface area contributed by atoms with Crippen LogP contribution in [0.15, 0.2) is 29.3 Å². The number of benzene rings is 1. The number of hydrogen-bond acceptors (Lipinski definition) is 4. The van der Waals surface area contributed by atoms with Gasteiger partial charge in [0.2, 0.25) is 0 Å². The first-order valence-corrected chi connectivity index (χ1v) is 9.71. The molecule has 0 bridgehead atoms. The lowest BCUT2D eigenvalue weighted by atomic mass is 10.1. The van der Waals surface area contributed by atoms with E-state index in [4.69, 9.17) is 4.74 Å². The number of hydrogen-bond donors (Lipinski definition) is 2. The van der Waals surface area contributed by atoms with E-state index >= 15 is 0 Å². The van der Waals surface area contributed by atoms with Gasteiger partial charge in [-0.2, -0.15) is 0 Å². The Kier molecular flexibility index (Phi) is 12.6.